The second kappa shape index (κ2) is 8.15. The van der Waals surface area contributed by atoms with E-state index in [1.807, 2.05) is 0 Å². The van der Waals surface area contributed by atoms with E-state index in [2.05, 4.69) is 20.2 Å². The van der Waals surface area contributed by atoms with Crippen molar-refractivity contribution in [1.29, 1.82) is 0 Å². The molecule has 25 heavy (non-hydrogen) atoms. The number of pyridine rings is 1. The van der Waals surface area contributed by atoms with Crippen LogP contribution in [0, 0.1) is 0 Å². The lowest BCUT2D eigenvalue weighted by atomic mass is 10.1. The number of carbonyl (C=O) groups excluding carboxylic acids is 2. The fraction of sp³-hybridized carbons (Fsp3) is 0.0667. The Morgan fingerprint density at radius 3 is 2.60 bits per heavy atom. The molecular formula is C15H11Cl3N4O3. The Labute approximate surface area is 157 Å². The van der Waals surface area contributed by atoms with Gasteiger partial charge in [-0.1, -0.05) is 53.0 Å². The topological polar surface area (TPSA) is 107 Å². The summed E-state index contributed by atoms with van der Waals surface area (Å²) < 4.78 is 4.67. The minimum atomic E-state index is -0.748. The van der Waals surface area contributed by atoms with Gasteiger partial charge in [0.25, 0.3) is 5.91 Å². The lowest BCUT2D eigenvalue weighted by molar-refractivity contribution is 0.0600. The molecule has 0 radical (unpaired) electrons. The van der Waals surface area contributed by atoms with Crippen LogP contribution in [0.5, 0.6) is 0 Å². The number of nitrogens with one attached hydrogen (secondary N) is 1. The second-order valence-electron chi connectivity index (χ2n) is 4.57. The molecule has 0 aliphatic rings. The molecule has 0 bridgehead atoms. The number of carbonyl (C=O) groups is 2. The van der Waals surface area contributed by atoms with Gasteiger partial charge in [0.15, 0.2) is 10.8 Å². The van der Waals surface area contributed by atoms with Gasteiger partial charge in [0, 0.05) is 5.56 Å². The minimum absolute atomic E-state index is 0.0428. The van der Waals surface area contributed by atoms with Crippen LogP contribution in [0.4, 0.5) is 5.69 Å². The van der Waals surface area contributed by atoms with Crippen molar-refractivity contribution in [3.63, 3.8) is 0 Å². The van der Waals surface area contributed by atoms with Crippen molar-refractivity contribution in [1.82, 2.24) is 10.4 Å². The average molecular weight is 402 g/mol. The largest absolute Gasteiger partial charge is 0.465 e. The molecule has 2 rings (SSSR count). The minimum Gasteiger partial charge on any atom is -0.465 e. The molecule has 2 aromatic rings. The molecule has 1 aromatic carbocycles. The van der Waals surface area contributed by atoms with Crippen molar-refractivity contribution in [3.05, 3.63) is 56.3 Å². The van der Waals surface area contributed by atoms with Crippen molar-refractivity contribution in [2.45, 2.75) is 0 Å². The molecule has 10 heteroatoms. The summed E-state index contributed by atoms with van der Waals surface area (Å²) in [6.07, 6.45) is 1.28. The standard InChI is InChI=1S/C15H11Cl3N4O3/c1-25-15(24)8-5-3-2-4-7(8)6-20-22-14(23)12-9(16)11(19)10(17)13(18)21-12/h2-6H,1H3,(H2,19,21)(H,22,23)/b20-6+. The number of benzene rings is 1. The van der Waals surface area contributed by atoms with E-state index in [4.69, 9.17) is 40.5 Å². The Balaban J connectivity index is 2.22. The van der Waals surface area contributed by atoms with Gasteiger partial charge in [0.1, 0.15) is 5.02 Å². The summed E-state index contributed by atoms with van der Waals surface area (Å²) in [6.45, 7) is 0. The van der Waals surface area contributed by atoms with E-state index >= 15 is 0 Å². The number of esters is 1. The number of methoxy groups -OCH3 is 1. The zero-order valence-electron chi connectivity index (χ0n) is 12.7. The maximum absolute atomic E-state index is 12.1. The van der Waals surface area contributed by atoms with E-state index < -0.39 is 11.9 Å². The van der Waals surface area contributed by atoms with Crippen LogP contribution in [0.3, 0.4) is 0 Å². The summed E-state index contributed by atoms with van der Waals surface area (Å²) >= 11 is 17.5. The molecule has 1 aromatic heterocycles. The highest BCUT2D eigenvalue weighted by atomic mass is 35.5. The lowest BCUT2D eigenvalue weighted by Crippen LogP contribution is -2.20. The first-order chi connectivity index (χ1) is 11.9. The number of amides is 1. The van der Waals surface area contributed by atoms with Crippen LogP contribution in [0.2, 0.25) is 15.2 Å². The number of anilines is 1. The molecular weight excluding hydrogens is 391 g/mol. The van der Waals surface area contributed by atoms with Crippen LogP contribution < -0.4 is 11.2 Å². The van der Waals surface area contributed by atoms with Crippen molar-refractivity contribution in [2.75, 3.05) is 12.8 Å². The van der Waals surface area contributed by atoms with Crippen molar-refractivity contribution in [2.24, 2.45) is 5.10 Å². The number of nitrogens with two attached hydrogens (primary N) is 1. The number of rotatable bonds is 4. The third-order valence-corrected chi connectivity index (χ3v) is 4.16. The SMILES string of the molecule is COC(=O)c1ccccc1/C=N/NC(=O)c1nc(Cl)c(Cl)c(N)c1Cl. The van der Waals surface area contributed by atoms with E-state index in [9.17, 15) is 9.59 Å². The molecule has 3 N–H and O–H groups in total. The molecule has 130 valence electrons. The Morgan fingerprint density at radius 2 is 1.92 bits per heavy atom. The Kier molecular flexibility index (Phi) is 6.19. The smallest absolute Gasteiger partial charge is 0.338 e. The molecule has 0 saturated heterocycles. The zero-order chi connectivity index (χ0) is 18.6. The van der Waals surface area contributed by atoms with E-state index in [0.29, 0.717) is 5.56 Å². The number of halogens is 3. The fourth-order valence-electron chi connectivity index (χ4n) is 1.80. The van der Waals surface area contributed by atoms with Crippen LogP contribution in [0.15, 0.2) is 29.4 Å². The van der Waals surface area contributed by atoms with Gasteiger partial charge < -0.3 is 10.5 Å². The molecule has 1 amide bonds. The van der Waals surface area contributed by atoms with Crippen LogP contribution >= 0.6 is 34.8 Å². The van der Waals surface area contributed by atoms with Gasteiger partial charge in [-0.2, -0.15) is 5.10 Å². The summed E-state index contributed by atoms with van der Waals surface area (Å²) in [5.74, 6) is -1.28. The summed E-state index contributed by atoms with van der Waals surface area (Å²) in [7, 11) is 1.26. The number of hydrazone groups is 1. The predicted octanol–water partition coefficient (Wildman–Crippen LogP) is 3.17. The van der Waals surface area contributed by atoms with E-state index in [0.717, 1.165) is 0 Å². The highest BCUT2D eigenvalue weighted by Gasteiger charge is 2.19. The van der Waals surface area contributed by atoms with Gasteiger partial charge in [-0.15, -0.1) is 0 Å². The van der Waals surface area contributed by atoms with E-state index in [1.54, 1.807) is 24.3 Å². The Morgan fingerprint density at radius 1 is 1.24 bits per heavy atom. The monoisotopic (exact) mass is 400 g/mol. The van der Waals surface area contributed by atoms with Crippen LogP contribution in [0.1, 0.15) is 26.4 Å². The molecule has 0 aliphatic carbocycles. The van der Waals surface area contributed by atoms with Crippen LogP contribution in [-0.4, -0.2) is 30.2 Å². The lowest BCUT2D eigenvalue weighted by Gasteiger charge is -2.07. The molecule has 7 nitrogen and oxygen atoms in total. The molecule has 0 aliphatic heterocycles. The van der Waals surface area contributed by atoms with Crippen molar-refractivity contribution >= 4 is 58.6 Å². The number of hydrogen-bond acceptors (Lipinski definition) is 6. The molecule has 0 saturated carbocycles. The zero-order valence-corrected chi connectivity index (χ0v) is 15.0. The number of hydrogen-bond donors (Lipinski definition) is 2. The third kappa shape index (κ3) is 4.19. The summed E-state index contributed by atoms with van der Waals surface area (Å²) in [4.78, 5) is 27.6. The van der Waals surface area contributed by atoms with Gasteiger partial charge in [-0.25, -0.2) is 15.2 Å². The first-order valence-corrected chi connectivity index (χ1v) is 7.81. The highest BCUT2D eigenvalue weighted by molar-refractivity contribution is 6.46. The van der Waals surface area contributed by atoms with E-state index in [-0.39, 0.29) is 32.1 Å². The molecule has 0 spiro atoms. The Bertz CT molecular complexity index is 871. The van der Waals surface area contributed by atoms with Crippen molar-refractivity contribution in [3.8, 4) is 0 Å². The van der Waals surface area contributed by atoms with Gasteiger partial charge in [0.2, 0.25) is 0 Å². The predicted molar refractivity (Wildman–Crippen MR) is 96.5 cm³/mol. The summed E-state index contributed by atoms with van der Waals surface area (Å²) in [5, 5.41) is 3.43. The number of nitrogen functional groups attached to an aromatic ring is 1. The highest BCUT2D eigenvalue weighted by Crippen LogP contribution is 2.34. The fourth-order valence-corrected chi connectivity index (χ4v) is 2.39. The summed E-state index contributed by atoms with van der Waals surface area (Å²) in [6, 6.07) is 6.56. The van der Waals surface area contributed by atoms with Crippen molar-refractivity contribution < 1.29 is 14.3 Å². The average Bonchev–Trinajstić information content (AvgIpc) is 2.62. The van der Waals surface area contributed by atoms with Crippen LogP contribution in [0.25, 0.3) is 0 Å². The molecule has 1 heterocycles. The van der Waals surface area contributed by atoms with E-state index in [1.165, 1.54) is 13.3 Å². The normalized spacial score (nSPS) is 10.7. The number of nitrogens with zero attached hydrogens (tertiary/aromatic N) is 2. The number of ether oxygens (including phenoxy) is 1. The maximum Gasteiger partial charge on any atom is 0.338 e. The summed E-state index contributed by atoms with van der Waals surface area (Å²) in [5.41, 5.74) is 8.32. The molecule has 0 unspecified atom stereocenters. The van der Waals surface area contributed by atoms with Gasteiger partial charge in [0.05, 0.1) is 29.6 Å². The first kappa shape index (κ1) is 19.0. The van der Waals surface area contributed by atoms with Crippen LogP contribution in [-0.2, 0) is 4.74 Å². The van der Waals surface area contributed by atoms with Gasteiger partial charge in [-0.05, 0) is 6.07 Å². The molecule has 0 atom stereocenters. The second-order valence-corrected chi connectivity index (χ2v) is 5.68. The van der Waals surface area contributed by atoms with Gasteiger partial charge in [-0.3, -0.25) is 4.79 Å². The quantitative estimate of drug-likeness (QED) is 0.354. The number of aromatic nitrogens is 1. The maximum atomic E-state index is 12.1. The Hall–Kier alpha value is -2.35. The molecule has 0 fully saturated rings. The third-order valence-electron chi connectivity index (χ3n) is 3.02. The van der Waals surface area contributed by atoms with Gasteiger partial charge >= 0.3 is 5.97 Å². The first-order valence-electron chi connectivity index (χ1n) is 6.67.